The van der Waals surface area contributed by atoms with Crippen LogP contribution in [0.5, 0.6) is 0 Å². The van der Waals surface area contributed by atoms with Crippen LogP contribution in [0.3, 0.4) is 0 Å². The highest BCUT2D eigenvalue weighted by Crippen LogP contribution is 2.25. The maximum atomic E-state index is 5.87. The summed E-state index contributed by atoms with van der Waals surface area (Å²) < 4.78 is 8.79. The Labute approximate surface area is 126 Å². The molecule has 2 aromatic heterocycles. The number of pyridine rings is 1. The number of nitrogens with zero attached hydrogens (tertiary/aromatic N) is 4. The van der Waals surface area contributed by atoms with Gasteiger partial charge >= 0.3 is 0 Å². The molecule has 1 fully saturated rings. The summed E-state index contributed by atoms with van der Waals surface area (Å²) in [7, 11) is 0. The second-order valence-corrected chi connectivity index (χ2v) is 5.69. The first-order chi connectivity index (χ1) is 9.76. The van der Waals surface area contributed by atoms with Gasteiger partial charge in [-0.05, 0) is 35.0 Å². The smallest absolute Gasteiger partial charge is 0.128 e. The number of hydrogen-bond acceptors (Lipinski definition) is 4. The number of hydrogen-bond donors (Lipinski definition) is 0. The van der Waals surface area contributed by atoms with Crippen molar-refractivity contribution in [1.29, 1.82) is 0 Å². The first kappa shape index (κ1) is 13.6. The van der Waals surface area contributed by atoms with Gasteiger partial charge in [0.05, 0.1) is 12.8 Å². The van der Waals surface area contributed by atoms with E-state index in [4.69, 9.17) is 4.74 Å². The Morgan fingerprint density at radius 2 is 2.30 bits per heavy atom. The van der Waals surface area contributed by atoms with Gasteiger partial charge in [-0.3, -0.25) is 4.68 Å². The molecule has 3 heterocycles. The van der Waals surface area contributed by atoms with Crippen LogP contribution in [0.15, 0.2) is 35.2 Å². The van der Waals surface area contributed by atoms with Gasteiger partial charge in [-0.15, -0.1) is 0 Å². The van der Waals surface area contributed by atoms with E-state index < -0.39 is 0 Å². The molecular weight excluding hydrogens is 320 g/mol. The third-order valence-corrected chi connectivity index (χ3v) is 3.92. The fourth-order valence-corrected chi connectivity index (χ4v) is 2.57. The van der Waals surface area contributed by atoms with Crippen LogP contribution < -0.4 is 4.90 Å². The first-order valence-electron chi connectivity index (χ1n) is 6.76. The van der Waals surface area contributed by atoms with Gasteiger partial charge < -0.3 is 9.64 Å². The van der Waals surface area contributed by atoms with Gasteiger partial charge in [-0.2, -0.15) is 5.10 Å². The third kappa shape index (κ3) is 2.86. The van der Waals surface area contributed by atoms with E-state index in [1.54, 1.807) is 0 Å². The number of aromatic nitrogens is 3. The molecular formula is C14H17BrN4O. The molecule has 0 radical (unpaired) electrons. The largest absolute Gasteiger partial charge is 0.370 e. The molecule has 2 aromatic rings. The van der Waals surface area contributed by atoms with Crippen LogP contribution in [-0.2, 0) is 11.3 Å². The molecule has 5 nitrogen and oxygen atoms in total. The second kappa shape index (κ2) is 5.93. The summed E-state index contributed by atoms with van der Waals surface area (Å²) in [5.74, 6) is 0.990. The van der Waals surface area contributed by atoms with Gasteiger partial charge in [0.25, 0.3) is 0 Å². The van der Waals surface area contributed by atoms with Crippen molar-refractivity contribution in [3.05, 3.63) is 40.8 Å². The Hall–Kier alpha value is -1.40. The maximum absolute atomic E-state index is 5.87. The third-order valence-electron chi connectivity index (χ3n) is 3.45. The van der Waals surface area contributed by atoms with Gasteiger partial charge in [0, 0.05) is 42.1 Å². The zero-order valence-electron chi connectivity index (χ0n) is 11.4. The van der Waals surface area contributed by atoms with Crippen LogP contribution in [0, 0.1) is 0 Å². The second-order valence-electron chi connectivity index (χ2n) is 4.77. The molecule has 106 valence electrons. The minimum Gasteiger partial charge on any atom is -0.370 e. The molecule has 0 N–H and O–H groups in total. The molecule has 0 aliphatic carbocycles. The van der Waals surface area contributed by atoms with Gasteiger partial charge in [0.2, 0.25) is 0 Å². The molecule has 0 saturated carbocycles. The van der Waals surface area contributed by atoms with Crippen molar-refractivity contribution in [2.75, 3.05) is 24.6 Å². The summed E-state index contributed by atoms with van der Waals surface area (Å²) in [5.41, 5.74) is 1.13. The van der Waals surface area contributed by atoms with Crippen molar-refractivity contribution in [2.24, 2.45) is 0 Å². The molecule has 0 bridgehead atoms. The fraction of sp³-hybridized carbons (Fsp3) is 0.429. The number of ether oxygens (including phenoxy) is 1. The maximum Gasteiger partial charge on any atom is 0.128 e. The predicted octanol–water partition coefficient (Wildman–Crippen LogP) is 2.64. The predicted molar refractivity (Wildman–Crippen MR) is 80.7 cm³/mol. The van der Waals surface area contributed by atoms with Crippen LogP contribution in [0.4, 0.5) is 5.82 Å². The van der Waals surface area contributed by atoms with Crippen molar-refractivity contribution in [3.8, 4) is 0 Å². The number of morpholine rings is 1. The van der Waals surface area contributed by atoms with E-state index in [9.17, 15) is 0 Å². The minimum absolute atomic E-state index is 0.0643. The normalized spacial score (nSPS) is 19.3. The van der Waals surface area contributed by atoms with E-state index in [-0.39, 0.29) is 6.10 Å². The van der Waals surface area contributed by atoms with Crippen molar-refractivity contribution in [1.82, 2.24) is 14.8 Å². The van der Waals surface area contributed by atoms with Crippen molar-refractivity contribution >= 4 is 21.7 Å². The van der Waals surface area contributed by atoms with Crippen molar-refractivity contribution in [2.45, 2.75) is 19.6 Å². The molecule has 1 aliphatic rings. The number of rotatable bonds is 3. The van der Waals surface area contributed by atoms with E-state index in [0.29, 0.717) is 6.61 Å². The van der Waals surface area contributed by atoms with E-state index in [1.165, 1.54) is 0 Å². The fourth-order valence-electron chi connectivity index (χ4n) is 2.33. The number of anilines is 1. The molecule has 0 aromatic carbocycles. The lowest BCUT2D eigenvalue weighted by atomic mass is 10.1. The van der Waals surface area contributed by atoms with Crippen molar-refractivity contribution in [3.63, 3.8) is 0 Å². The summed E-state index contributed by atoms with van der Waals surface area (Å²) >= 11 is 3.41. The van der Waals surface area contributed by atoms with Gasteiger partial charge in [0.15, 0.2) is 0 Å². The van der Waals surface area contributed by atoms with E-state index in [0.717, 1.165) is 35.5 Å². The summed E-state index contributed by atoms with van der Waals surface area (Å²) in [6, 6.07) is 4.05. The lowest BCUT2D eigenvalue weighted by Crippen LogP contribution is -2.38. The quantitative estimate of drug-likeness (QED) is 0.864. The summed E-state index contributed by atoms with van der Waals surface area (Å²) in [4.78, 5) is 6.71. The Balaban J connectivity index is 1.74. The Morgan fingerprint density at radius 3 is 3.00 bits per heavy atom. The summed E-state index contributed by atoms with van der Waals surface area (Å²) in [6.45, 7) is 5.35. The average molecular weight is 337 g/mol. The molecule has 1 aliphatic heterocycles. The van der Waals surface area contributed by atoms with E-state index in [1.807, 2.05) is 29.2 Å². The van der Waals surface area contributed by atoms with Gasteiger partial charge in [-0.25, -0.2) is 4.98 Å². The van der Waals surface area contributed by atoms with Crippen LogP contribution in [0.25, 0.3) is 0 Å². The van der Waals surface area contributed by atoms with Gasteiger partial charge in [-0.1, -0.05) is 0 Å². The zero-order valence-corrected chi connectivity index (χ0v) is 13.0. The number of aryl methyl sites for hydroxylation is 1. The summed E-state index contributed by atoms with van der Waals surface area (Å²) in [6.07, 6.45) is 5.85. The molecule has 20 heavy (non-hydrogen) atoms. The molecule has 6 heteroatoms. The molecule has 3 rings (SSSR count). The summed E-state index contributed by atoms with van der Waals surface area (Å²) in [5, 5.41) is 4.32. The SMILES string of the molecule is CCn1cc(C2CN(c3ccc(Br)cn3)CCO2)cn1. The first-order valence-corrected chi connectivity index (χ1v) is 7.56. The zero-order chi connectivity index (χ0) is 13.9. The minimum atomic E-state index is 0.0643. The Kier molecular flexibility index (Phi) is 4.03. The van der Waals surface area contributed by atoms with Crippen LogP contribution in [0.2, 0.25) is 0 Å². The standard InChI is InChI=1S/C14H17BrN4O/c1-2-19-9-11(7-17-19)13-10-18(5-6-20-13)14-4-3-12(15)8-16-14/h3-4,7-9,13H,2,5-6,10H2,1H3. The van der Waals surface area contributed by atoms with Crippen LogP contribution in [-0.4, -0.2) is 34.5 Å². The van der Waals surface area contributed by atoms with Crippen LogP contribution in [0.1, 0.15) is 18.6 Å². The molecule has 1 atom stereocenters. The van der Waals surface area contributed by atoms with E-state index in [2.05, 4.69) is 44.0 Å². The topological polar surface area (TPSA) is 43.2 Å². The lowest BCUT2D eigenvalue weighted by molar-refractivity contribution is 0.0395. The number of halogens is 1. The monoisotopic (exact) mass is 336 g/mol. The van der Waals surface area contributed by atoms with Crippen molar-refractivity contribution < 1.29 is 4.74 Å². The van der Waals surface area contributed by atoms with E-state index >= 15 is 0 Å². The highest BCUT2D eigenvalue weighted by molar-refractivity contribution is 9.10. The Bertz CT molecular complexity index is 569. The van der Waals surface area contributed by atoms with Gasteiger partial charge in [0.1, 0.15) is 11.9 Å². The Morgan fingerprint density at radius 1 is 1.40 bits per heavy atom. The molecule has 0 amide bonds. The lowest BCUT2D eigenvalue weighted by Gasteiger charge is -2.33. The average Bonchev–Trinajstić information content (AvgIpc) is 2.97. The molecule has 0 spiro atoms. The highest BCUT2D eigenvalue weighted by Gasteiger charge is 2.23. The molecule has 1 unspecified atom stereocenters. The molecule has 1 saturated heterocycles. The highest BCUT2D eigenvalue weighted by atomic mass is 79.9. The van der Waals surface area contributed by atoms with Crippen LogP contribution >= 0.6 is 15.9 Å².